The molecule has 20 heavy (non-hydrogen) atoms. The third-order valence-corrected chi connectivity index (χ3v) is 3.27. The predicted octanol–water partition coefficient (Wildman–Crippen LogP) is 2.91. The van der Waals surface area contributed by atoms with E-state index in [0.29, 0.717) is 5.17 Å². The molecule has 0 radical (unpaired) electrons. The first-order chi connectivity index (χ1) is 9.34. The Hall–Kier alpha value is -1.54. The molecule has 1 saturated heterocycles. The number of alkyl halides is 3. The number of carbonyl (C=O) groups is 1. The average molecular weight is 322 g/mol. The number of hydrogen-bond donors (Lipinski definition) is 1. The van der Waals surface area contributed by atoms with Crippen molar-refractivity contribution in [2.24, 2.45) is 10.2 Å². The van der Waals surface area contributed by atoms with Crippen molar-refractivity contribution in [2.75, 3.05) is 5.75 Å². The van der Waals surface area contributed by atoms with Gasteiger partial charge in [0.15, 0.2) is 5.17 Å². The van der Waals surface area contributed by atoms with Crippen molar-refractivity contribution >= 4 is 40.7 Å². The van der Waals surface area contributed by atoms with Crippen LogP contribution < -0.4 is 5.32 Å². The summed E-state index contributed by atoms with van der Waals surface area (Å²) in [5.74, 6) is 0.0649. The van der Waals surface area contributed by atoms with Crippen LogP contribution in [0.3, 0.4) is 0 Å². The van der Waals surface area contributed by atoms with Crippen LogP contribution in [0.4, 0.5) is 13.2 Å². The van der Waals surface area contributed by atoms with E-state index in [1.807, 2.05) is 0 Å². The maximum Gasteiger partial charge on any atom is 0.416 e. The van der Waals surface area contributed by atoms with E-state index in [1.165, 1.54) is 17.8 Å². The van der Waals surface area contributed by atoms with Gasteiger partial charge < -0.3 is 5.32 Å². The minimum absolute atomic E-state index is 0.0440. The molecule has 1 fully saturated rings. The molecule has 1 heterocycles. The second-order valence-corrected chi connectivity index (χ2v) is 5.16. The lowest BCUT2D eigenvalue weighted by Gasteiger charge is -2.07. The fourth-order valence-electron chi connectivity index (χ4n) is 1.38. The van der Waals surface area contributed by atoms with Gasteiger partial charge in [-0.2, -0.15) is 18.3 Å². The molecule has 4 nitrogen and oxygen atoms in total. The Bertz CT molecular complexity index is 601. The summed E-state index contributed by atoms with van der Waals surface area (Å²) >= 11 is 6.79. The van der Waals surface area contributed by atoms with Crippen LogP contribution in [-0.2, 0) is 11.0 Å². The van der Waals surface area contributed by atoms with Crippen LogP contribution in [0.5, 0.6) is 0 Å². The van der Waals surface area contributed by atoms with Crippen molar-refractivity contribution in [3.05, 3.63) is 34.3 Å². The highest BCUT2D eigenvalue weighted by atomic mass is 35.5. The maximum atomic E-state index is 12.6. The molecular formula is C11H7ClF3N3OS. The summed E-state index contributed by atoms with van der Waals surface area (Å²) in [5.41, 5.74) is -0.689. The minimum atomic E-state index is -4.48. The van der Waals surface area contributed by atoms with Crippen molar-refractivity contribution < 1.29 is 18.0 Å². The lowest BCUT2D eigenvalue weighted by atomic mass is 10.1. The molecule has 9 heteroatoms. The smallest absolute Gasteiger partial charge is 0.303 e. The molecule has 0 saturated carbocycles. The van der Waals surface area contributed by atoms with Crippen molar-refractivity contribution in [2.45, 2.75) is 6.18 Å². The van der Waals surface area contributed by atoms with Gasteiger partial charge in [-0.3, -0.25) is 4.79 Å². The molecule has 0 bridgehead atoms. The molecule has 0 aliphatic carbocycles. The minimum Gasteiger partial charge on any atom is -0.303 e. The monoisotopic (exact) mass is 321 g/mol. The highest BCUT2D eigenvalue weighted by molar-refractivity contribution is 8.15. The molecule has 106 valence electrons. The van der Waals surface area contributed by atoms with Crippen molar-refractivity contribution in [3.8, 4) is 0 Å². The van der Waals surface area contributed by atoms with Crippen molar-refractivity contribution in [1.29, 1.82) is 0 Å². The van der Waals surface area contributed by atoms with E-state index in [9.17, 15) is 18.0 Å². The Morgan fingerprint density at radius 2 is 2.10 bits per heavy atom. The fourth-order valence-corrected chi connectivity index (χ4v) is 2.25. The molecule has 1 amide bonds. The third kappa shape index (κ3) is 3.97. The molecule has 1 N–H and O–H groups in total. The number of benzene rings is 1. The molecule has 0 aromatic heterocycles. The van der Waals surface area contributed by atoms with Gasteiger partial charge in [-0.15, -0.1) is 5.10 Å². The molecule has 0 atom stereocenters. The molecule has 1 aliphatic rings. The number of halogens is 4. The van der Waals surface area contributed by atoms with Crippen LogP contribution in [0.1, 0.15) is 11.1 Å². The largest absolute Gasteiger partial charge is 0.416 e. The van der Waals surface area contributed by atoms with E-state index in [2.05, 4.69) is 15.5 Å². The first-order valence-electron chi connectivity index (χ1n) is 5.26. The van der Waals surface area contributed by atoms with Crippen LogP contribution in [-0.4, -0.2) is 23.0 Å². The second-order valence-electron chi connectivity index (χ2n) is 3.76. The van der Waals surface area contributed by atoms with Crippen LogP contribution >= 0.6 is 23.4 Å². The SMILES string of the molecule is O=C1CSC(=NN=Cc2cc(Cl)cc(C(F)(F)F)c2)N1. The summed E-state index contributed by atoms with van der Waals surface area (Å²) in [5, 5.41) is 10.0. The summed E-state index contributed by atoms with van der Waals surface area (Å²) in [6.07, 6.45) is -3.34. The molecule has 0 unspecified atom stereocenters. The van der Waals surface area contributed by atoms with E-state index < -0.39 is 11.7 Å². The standard InChI is InChI=1S/C11H7ClF3N3OS/c12-8-2-6(1-7(3-8)11(13,14)15)4-16-18-10-17-9(19)5-20-10/h1-4H,5H2,(H,17,18,19). The number of rotatable bonds is 2. The van der Waals surface area contributed by atoms with Crippen LogP contribution in [0.15, 0.2) is 28.4 Å². The quantitative estimate of drug-likeness (QED) is 0.672. The van der Waals surface area contributed by atoms with E-state index in [0.717, 1.165) is 18.3 Å². The summed E-state index contributed by atoms with van der Waals surface area (Å²) in [6, 6.07) is 3.08. The van der Waals surface area contributed by atoms with E-state index in [-0.39, 0.29) is 22.2 Å². The van der Waals surface area contributed by atoms with Gasteiger partial charge in [0.2, 0.25) is 5.91 Å². The maximum absolute atomic E-state index is 12.6. The summed E-state index contributed by atoms with van der Waals surface area (Å²) in [6.45, 7) is 0. The Labute approximate surface area is 121 Å². The number of amidine groups is 1. The fraction of sp³-hybridized carbons (Fsp3) is 0.182. The number of nitrogens with one attached hydrogen (secondary N) is 1. The number of amides is 1. The second kappa shape index (κ2) is 5.84. The average Bonchev–Trinajstić information content (AvgIpc) is 2.73. The first kappa shape index (κ1) is 14.9. The summed E-state index contributed by atoms with van der Waals surface area (Å²) in [4.78, 5) is 10.9. The number of thioether (sulfide) groups is 1. The number of nitrogens with zero attached hydrogens (tertiary/aromatic N) is 2. The van der Waals surface area contributed by atoms with Gasteiger partial charge in [-0.05, 0) is 23.8 Å². The summed E-state index contributed by atoms with van der Waals surface area (Å²) < 4.78 is 37.7. The zero-order valence-corrected chi connectivity index (χ0v) is 11.3. The van der Waals surface area contributed by atoms with Gasteiger partial charge in [0.1, 0.15) is 0 Å². The van der Waals surface area contributed by atoms with Gasteiger partial charge >= 0.3 is 6.18 Å². The van der Waals surface area contributed by atoms with Gasteiger partial charge in [0.05, 0.1) is 17.5 Å². The topological polar surface area (TPSA) is 53.8 Å². The molecule has 1 aliphatic heterocycles. The van der Waals surface area contributed by atoms with Crippen molar-refractivity contribution in [3.63, 3.8) is 0 Å². The summed E-state index contributed by atoms with van der Waals surface area (Å²) in [7, 11) is 0. The number of hydrogen-bond acceptors (Lipinski definition) is 4. The van der Waals surface area contributed by atoms with Crippen molar-refractivity contribution in [1.82, 2.24) is 5.32 Å². The van der Waals surface area contributed by atoms with Crippen LogP contribution in [0.25, 0.3) is 0 Å². The van der Waals surface area contributed by atoms with Gasteiger partial charge in [0, 0.05) is 5.02 Å². The number of carbonyl (C=O) groups excluding carboxylic acids is 1. The van der Waals surface area contributed by atoms with Gasteiger partial charge in [0.25, 0.3) is 0 Å². The van der Waals surface area contributed by atoms with Gasteiger partial charge in [-0.25, -0.2) is 0 Å². The van der Waals surface area contributed by atoms with E-state index in [4.69, 9.17) is 11.6 Å². The molecule has 2 rings (SSSR count). The Kier molecular flexibility index (Phi) is 4.34. The Morgan fingerprint density at radius 3 is 2.70 bits per heavy atom. The lowest BCUT2D eigenvalue weighted by molar-refractivity contribution is -0.137. The molecule has 1 aromatic carbocycles. The molecule has 0 spiro atoms. The lowest BCUT2D eigenvalue weighted by Crippen LogP contribution is -2.19. The zero-order chi connectivity index (χ0) is 14.8. The first-order valence-corrected chi connectivity index (χ1v) is 6.62. The Morgan fingerprint density at radius 1 is 1.35 bits per heavy atom. The molecular weight excluding hydrogens is 315 g/mol. The third-order valence-electron chi connectivity index (χ3n) is 2.19. The Balaban J connectivity index is 2.17. The van der Waals surface area contributed by atoms with E-state index >= 15 is 0 Å². The van der Waals surface area contributed by atoms with Gasteiger partial charge in [-0.1, -0.05) is 23.4 Å². The zero-order valence-electron chi connectivity index (χ0n) is 9.74. The highest BCUT2D eigenvalue weighted by Gasteiger charge is 2.30. The van der Waals surface area contributed by atoms with E-state index in [1.54, 1.807) is 0 Å². The van der Waals surface area contributed by atoms with Crippen LogP contribution in [0, 0.1) is 0 Å². The normalized spacial score (nSPS) is 18.0. The molecule has 1 aromatic rings. The predicted molar refractivity (Wildman–Crippen MR) is 72.1 cm³/mol. The van der Waals surface area contributed by atoms with Crippen LogP contribution in [0.2, 0.25) is 5.02 Å². The highest BCUT2D eigenvalue weighted by Crippen LogP contribution is 2.31.